The molecule has 0 saturated heterocycles. The largest absolute Gasteiger partial charge is 0.504 e. The number of aromatic nitrogens is 2. The third kappa shape index (κ3) is 2.84. The number of nitrogens with zero attached hydrogens (tertiary/aromatic N) is 1. The Morgan fingerprint density at radius 2 is 2.05 bits per heavy atom. The van der Waals surface area contributed by atoms with E-state index in [1.807, 2.05) is 0 Å². The van der Waals surface area contributed by atoms with Crippen LogP contribution in [-0.2, 0) is 19.5 Å². The van der Waals surface area contributed by atoms with E-state index in [0.29, 0.717) is 24.3 Å². The molecule has 0 radical (unpaired) electrons. The predicted octanol–water partition coefficient (Wildman–Crippen LogP) is 1.40. The van der Waals surface area contributed by atoms with Crippen LogP contribution in [0.1, 0.15) is 16.8 Å². The van der Waals surface area contributed by atoms with E-state index in [1.165, 1.54) is 6.07 Å². The van der Waals surface area contributed by atoms with Gasteiger partial charge in [0.15, 0.2) is 16.3 Å². The monoisotopic (exact) mass is 305 g/mol. The quantitative estimate of drug-likeness (QED) is 0.497. The Bertz CT molecular complexity index is 797. The zero-order valence-corrected chi connectivity index (χ0v) is 12.0. The zero-order chi connectivity index (χ0) is 15.0. The topological polar surface area (TPSA) is 92.4 Å². The lowest BCUT2D eigenvalue weighted by Crippen LogP contribution is -2.34. The summed E-state index contributed by atoms with van der Waals surface area (Å²) < 4.78 is 0.336. The lowest BCUT2D eigenvalue weighted by molar-refractivity contribution is 0.240. The van der Waals surface area contributed by atoms with Crippen molar-refractivity contribution in [2.75, 3.05) is 6.54 Å². The van der Waals surface area contributed by atoms with Crippen molar-refractivity contribution in [3.63, 3.8) is 0 Å². The van der Waals surface area contributed by atoms with Crippen LogP contribution < -0.4 is 5.56 Å². The molecule has 2 heterocycles. The fourth-order valence-corrected chi connectivity index (χ4v) is 2.81. The molecule has 6 nitrogen and oxygen atoms in total. The number of hydrogen-bond donors (Lipinski definition) is 4. The van der Waals surface area contributed by atoms with E-state index in [4.69, 9.17) is 12.2 Å². The summed E-state index contributed by atoms with van der Waals surface area (Å²) >= 11 is 4.99. The maximum Gasteiger partial charge on any atom is 0.255 e. The van der Waals surface area contributed by atoms with Crippen molar-refractivity contribution in [3.8, 4) is 11.5 Å². The van der Waals surface area contributed by atoms with Crippen molar-refractivity contribution in [2.24, 2.45) is 0 Å². The first kappa shape index (κ1) is 13.8. The minimum absolute atomic E-state index is 0.115. The van der Waals surface area contributed by atoms with Crippen LogP contribution in [0.5, 0.6) is 11.5 Å². The van der Waals surface area contributed by atoms with Gasteiger partial charge in [-0.1, -0.05) is 6.07 Å². The summed E-state index contributed by atoms with van der Waals surface area (Å²) in [6, 6.07) is 4.79. The Balaban J connectivity index is 1.81. The van der Waals surface area contributed by atoms with Gasteiger partial charge in [0, 0.05) is 30.9 Å². The molecule has 1 aliphatic heterocycles. The van der Waals surface area contributed by atoms with Crippen LogP contribution in [0.4, 0.5) is 0 Å². The van der Waals surface area contributed by atoms with Gasteiger partial charge in [0.25, 0.3) is 5.56 Å². The van der Waals surface area contributed by atoms with Crippen molar-refractivity contribution in [1.82, 2.24) is 14.9 Å². The molecular weight excluding hydrogens is 290 g/mol. The van der Waals surface area contributed by atoms with Crippen LogP contribution in [0.25, 0.3) is 0 Å². The van der Waals surface area contributed by atoms with Crippen LogP contribution in [0.15, 0.2) is 23.0 Å². The molecule has 1 aliphatic rings. The van der Waals surface area contributed by atoms with Crippen molar-refractivity contribution >= 4 is 12.2 Å². The first-order valence-electron chi connectivity index (χ1n) is 6.60. The van der Waals surface area contributed by atoms with Crippen LogP contribution in [0, 0.1) is 4.77 Å². The fraction of sp³-hybridized carbons (Fsp3) is 0.286. The Morgan fingerprint density at radius 3 is 2.81 bits per heavy atom. The van der Waals surface area contributed by atoms with Gasteiger partial charge < -0.3 is 15.2 Å². The molecule has 2 aromatic rings. The number of H-pyrrole nitrogens is 2. The van der Waals surface area contributed by atoms with Gasteiger partial charge >= 0.3 is 0 Å². The fourth-order valence-electron chi connectivity index (χ4n) is 2.59. The molecule has 21 heavy (non-hydrogen) atoms. The van der Waals surface area contributed by atoms with Crippen LogP contribution in [-0.4, -0.2) is 31.6 Å². The van der Waals surface area contributed by atoms with Gasteiger partial charge in [0.05, 0.1) is 0 Å². The van der Waals surface area contributed by atoms with Crippen LogP contribution >= 0.6 is 12.2 Å². The SMILES string of the molecule is O=c1[nH]c(=S)[nH]c2c1CCN(Cc1ccc(O)c(O)c1)C2. The van der Waals surface area contributed by atoms with Crippen LogP contribution in [0.2, 0.25) is 0 Å². The van der Waals surface area contributed by atoms with Gasteiger partial charge in [0.1, 0.15) is 0 Å². The Kier molecular flexibility index (Phi) is 3.52. The van der Waals surface area contributed by atoms with E-state index in [9.17, 15) is 15.0 Å². The molecule has 3 rings (SSSR count). The second-order valence-corrected chi connectivity index (χ2v) is 5.56. The van der Waals surface area contributed by atoms with E-state index in [2.05, 4.69) is 14.9 Å². The molecule has 0 fully saturated rings. The highest BCUT2D eigenvalue weighted by Crippen LogP contribution is 2.26. The Morgan fingerprint density at radius 1 is 1.24 bits per heavy atom. The lowest BCUT2D eigenvalue weighted by atomic mass is 10.1. The Hall–Kier alpha value is -2.12. The van der Waals surface area contributed by atoms with Gasteiger partial charge in [0.2, 0.25) is 0 Å². The molecule has 4 N–H and O–H groups in total. The molecule has 0 aliphatic carbocycles. The molecule has 0 spiro atoms. The van der Waals surface area contributed by atoms with Crippen molar-refractivity contribution in [1.29, 1.82) is 0 Å². The summed E-state index contributed by atoms with van der Waals surface area (Å²) in [6.07, 6.45) is 0.654. The number of aromatic amines is 2. The number of aromatic hydroxyl groups is 2. The van der Waals surface area contributed by atoms with Crippen molar-refractivity contribution in [2.45, 2.75) is 19.5 Å². The molecule has 110 valence electrons. The highest BCUT2D eigenvalue weighted by molar-refractivity contribution is 7.71. The smallest absolute Gasteiger partial charge is 0.255 e. The summed E-state index contributed by atoms with van der Waals surface area (Å²) in [5.41, 5.74) is 2.39. The van der Waals surface area contributed by atoms with Gasteiger partial charge in [-0.05, 0) is 36.3 Å². The summed E-state index contributed by atoms with van der Waals surface area (Å²) in [5.74, 6) is -0.251. The average Bonchev–Trinajstić information content (AvgIpc) is 2.42. The van der Waals surface area contributed by atoms with E-state index < -0.39 is 0 Å². The van der Waals surface area contributed by atoms with E-state index >= 15 is 0 Å². The van der Waals surface area contributed by atoms with Gasteiger partial charge in [-0.25, -0.2) is 0 Å². The van der Waals surface area contributed by atoms with Crippen molar-refractivity contribution < 1.29 is 10.2 Å². The number of fused-ring (bicyclic) bond motifs is 1. The number of phenolic OH excluding ortho intramolecular Hbond substituents is 2. The maximum absolute atomic E-state index is 11.8. The maximum atomic E-state index is 11.8. The zero-order valence-electron chi connectivity index (χ0n) is 11.2. The summed E-state index contributed by atoms with van der Waals surface area (Å²) in [6.45, 7) is 1.98. The summed E-state index contributed by atoms with van der Waals surface area (Å²) in [4.78, 5) is 19.6. The first-order chi connectivity index (χ1) is 10.0. The molecule has 0 atom stereocenters. The number of phenols is 2. The molecular formula is C14H15N3O3S. The number of rotatable bonds is 2. The van der Waals surface area contributed by atoms with E-state index in [0.717, 1.165) is 23.4 Å². The van der Waals surface area contributed by atoms with Gasteiger partial charge in [-0.15, -0.1) is 0 Å². The Labute approximate surface area is 125 Å². The summed E-state index contributed by atoms with van der Waals surface area (Å²) in [7, 11) is 0. The highest BCUT2D eigenvalue weighted by atomic mass is 32.1. The minimum atomic E-state index is -0.127. The normalized spacial score (nSPS) is 14.9. The summed E-state index contributed by atoms with van der Waals surface area (Å²) in [5, 5.41) is 18.8. The molecule has 1 aromatic carbocycles. The minimum Gasteiger partial charge on any atom is -0.504 e. The van der Waals surface area contributed by atoms with E-state index in [-0.39, 0.29) is 17.1 Å². The standard InChI is InChI=1S/C14H15N3O3S/c18-11-2-1-8(5-12(11)19)6-17-4-3-9-10(7-17)15-14(21)16-13(9)20/h1-2,5,18-19H,3-4,6-7H2,(H2,15,16,20,21). The number of benzene rings is 1. The molecule has 0 saturated carbocycles. The third-order valence-corrected chi connectivity index (χ3v) is 3.84. The van der Waals surface area contributed by atoms with Gasteiger partial charge in [-0.2, -0.15) is 0 Å². The molecule has 0 bridgehead atoms. The second-order valence-electron chi connectivity index (χ2n) is 5.15. The molecule has 0 amide bonds. The molecule has 7 heteroatoms. The van der Waals surface area contributed by atoms with E-state index in [1.54, 1.807) is 12.1 Å². The average molecular weight is 305 g/mol. The molecule has 1 aromatic heterocycles. The first-order valence-corrected chi connectivity index (χ1v) is 7.01. The molecule has 0 unspecified atom stereocenters. The lowest BCUT2D eigenvalue weighted by Gasteiger charge is -2.27. The second kappa shape index (κ2) is 5.34. The van der Waals surface area contributed by atoms with Crippen molar-refractivity contribution in [3.05, 3.63) is 50.1 Å². The number of nitrogens with one attached hydrogen (secondary N) is 2. The number of hydrogen-bond acceptors (Lipinski definition) is 5. The van der Waals surface area contributed by atoms with Gasteiger partial charge in [-0.3, -0.25) is 14.7 Å². The third-order valence-electron chi connectivity index (χ3n) is 3.64. The predicted molar refractivity (Wildman–Crippen MR) is 79.8 cm³/mol. The highest BCUT2D eigenvalue weighted by Gasteiger charge is 2.19. The van der Waals surface area contributed by atoms with Crippen LogP contribution in [0.3, 0.4) is 0 Å².